The minimum atomic E-state index is -0.0678. The second-order valence-corrected chi connectivity index (χ2v) is 4.62. The van der Waals surface area contributed by atoms with Crippen molar-refractivity contribution in [2.45, 2.75) is 26.9 Å². The Kier molecular flexibility index (Phi) is 2.48. The third-order valence-electron chi connectivity index (χ3n) is 3.13. The molecule has 0 aliphatic carbocycles. The largest absolute Gasteiger partial charge is 0.307 e. The van der Waals surface area contributed by atoms with Crippen molar-refractivity contribution >= 4 is 0 Å². The van der Waals surface area contributed by atoms with Crippen LogP contribution in [-0.4, -0.2) is 15.0 Å². The number of hydrogen-bond acceptors (Lipinski definition) is 4. The van der Waals surface area contributed by atoms with E-state index >= 15 is 0 Å². The molecule has 2 N–H and O–H groups in total. The highest BCUT2D eigenvalue weighted by atomic mass is 16.1. The van der Waals surface area contributed by atoms with Crippen LogP contribution < -0.4 is 10.9 Å². The van der Waals surface area contributed by atoms with Crippen molar-refractivity contribution in [1.29, 1.82) is 0 Å². The van der Waals surface area contributed by atoms with E-state index in [-0.39, 0.29) is 5.56 Å². The molecular formula is C13H14N4O. The molecule has 0 amide bonds. The fourth-order valence-electron chi connectivity index (χ4n) is 2.25. The van der Waals surface area contributed by atoms with Crippen molar-refractivity contribution in [3.05, 3.63) is 45.0 Å². The highest BCUT2D eigenvalue weighted by Crippen LogP contribution is 2.18. The van der Waals surface area contributed by atoms with Gasteiger partial charge in [-0.15, -0.1) is 0 Å². The number of hydrogen-bond donors (Lipinski definition) is 2. The Morgan fingerprint density at radius 3 is 2.89 bits per heavy atom. The van der Waals surface area contributed by atoms with Gasteiger partial charge < -0.3 is 10.3 Å². The number of rotatable bonds is 1. The SMILES string of the molecule is Cc1cnc(-c2nc3c(c(=O)[nH]2)CNC3)c(C)c1. The summed E-state index contributed by atoms with van der Waals surface area (Å²) in [6.07, 6.45) is 1.79. The molecule has 2 aromatic rings. The van der Waals surface area contributed by atoms with Gasteiger partial charge in [0, 0.05) is 19.3 Å². The predicted molar refractivity (Wildman–Crippen MR) is 68.1 cm³/mol. The van der Waals surface area contributed by atoms with Crippen LogP contribution in [0.4, 0.5) is 0 Å². The lowest BCUT2D eigenvalue weighted by Crippen LogP contribution is -2.16. The molecule has 1 aliphatic rings. The Morgan fingerprint density at radius 1 is 1.28 bits per heavy atom. The van der Waals surface area contributed by atoms with Crippen LogP contribution in [0, 0.1) is 13.8 Å². The highest BCUT2D eigenvalue weighted by molar-refractivity contribution is 5.55. The van der Waals surface area contributed by atoms with Crippen LogP contribution >= 0.6 is 0 Å². The Labute approximate surface area is 104 Å². The van der Waals surface area contributed by atoms with Crippen LogP contribution in [0.25, 0.3) is 11.5 Å². The van der Waals surface area contributed by atoms with Gasteiger partial charge in [-0.3, -0.25) is 9.78 Å². The molecule has 0 unspecified atom stereocenters. The molecule has 0 spiro atoms. The molecule has 0 saturated heterocycles. The standard InChI is InChI=1S/C13H14N4O/c1-7-3-8(2)11(15-4-7)12-16-10-6-14-5-9(10)13(18)17-12/h3-4,14H,5-6H2,1-2H3,(H,16,17,18). The van der Waals surface area contributed by atoms with Gasteiger partial charge in [-0.25, -0.2) is 4.98 Å². The second-order valence-electron chi connectivity index (χ2n) is 4.62. The van der Waals surface area contributed by atoms with Gasteiger partial charge in [0.05, 0.1) is 11.3 Å². The van der Waals surface area contributed by atoms with E-state index in [9.17, 15) is 4.79 Å². The van der Waals surface area contributed by atoms with Gasteiger partial charge in [-0.1, -0.05) is 6.07 Å². The van der Waals surface area contributed by atoms with Crippen LogP contribution in [-0.2, 0) is 13.1 Å². The number of nitrogens with zero attached hydrogens (tertiary/aromatic N) is 2. The first kappa shape index (κ1) is 11.1. The van der Waals surface area contributed by atoms with E-state index in [1.807, 2.05) is 19.9 Å². The summed E-state index contributed by atoms with van der Waals surface area (Å²) in [5.41, 5.74) is 4.36. The number of pyridine rings is 1. The Hall–Kier alpha value is -2.01. The van der Waals surface area contributed by atoms with Crippen LogP contribution in [0.3, 0.4) is 0 Å². The first-order chi connectivity index (χ1) is 8.65. The molecule has 1 aliphatic heterocycles. The number of nitrogens with one attached hydrogen (secondary N) is 2. The summed E-state index contributed by atoms with van der Waals surface area (Å²) < 4.78 is 0. The normalized spacial score (nSPS) is 13.7. The molecule has 3 heterocycles. The minimum Gasteiger partial charge on any atom is -0.307 e. The van der Waals surface area contributed by atoms with E-state index in [4.69, 9.17) is 0 Å². The van der Waals surface area contributed by atoms with E-state index in [0.717, 1.165) is 28.1 Å². The second kappa shape index (κ2) is 4.03. The molecule has 5 nitrogen and oxygen atoms in total. The molecule has 0 aromatic carbocycles. The van der Waals surface area contributed by atoms with E-state index in [1.165, 1.54) is 0 Å². The summed E-state index contributed by atoms with van der Waals surface area (Å²) in [6.45, 7) is 5.21. The van der Waals surface area contributed by atoms with Crippen molar-refractivity contribution in [1.82, 2.24) is 20.3 Å². The number of aryl methyl sites for hydroxylation is 2. The predicted octanol–water partition coefficient (Wildman–Crippen LogP) is 1.05. The fraction of sp³-hybridized carbons (Fsp3) is 0.308. The zero-order valence-corrected chi connectivity index (χ0v) is 10.4. The zero-order chi connectivity index (χ0) is 12.7. The van der Waals surface area contributed by atoms with Crippen molar-refractivity contribution in [2.24, 2.45) is 0 Å². The number of H-pyrrole nitrogens is 1. The van der Waals surface area contributed by atoms with Crippen LogP contribution in [0.2, 0.25) is 0 Å². The zero-order valence-electron chi connectivity index (χ0n) is 10.4. The highest BCUT2D eigenvalue weighted by Gasteiger charge is 2.18. The summed E-state index contributed by atoms with van der Waals surface area (Å²) in [5, 5.41) is 3.13. The summed E-state index contributed by atoms with van der Waals surface area (Å²) >= 11 is 0. The van der Waals surface area contributed by atoms with Gasteiger partial charge in [0.25, 0.3) is 5.56 Å². The lowest BCUT2D eigenvalue weighted by atomic mass is 10.1. The van der Waals surface area contributed by atoms with Crippen LogP contribution in [0.1, 0.15) is 22.4 Å². The van der Waals surface area contributed by atoms with E-state index in [1.54, 1.807) is 6.20 Å². The Balaban J connectivity index is 2.18. The summed E-state index contributed by atoms with van der Waals surface area (Å²) in [6, 6.07) is 2.04. The van der Waals surface area contributed by atoms with Crippen molar-refractivity contribution in [3.63, 3.8) is 0 Å². The van der Waals surface area contributed by atoms with E-state index < -0.39 is 0 Å². The van der Waals surface area contributed by atoms with Gasteiger partial charge in [0.15, 0.2) is 5.82 Å². The van der Waals surface area contributed by atoms with Gasteiger partial charge in [-0.2, -0.15) is 0 Å². The molecule has 0 saturated carbocycles. The fourth-order valence-corrected chi connectivity index (χ4v) is 2.25. The molecule has 3 rings (SSSR count). The van der Waals surface area contributed by atoms with Crippen molar-refractivity contribution < 1.29 is 0 Å². The quantitative estimate of drug-likeness (QED) is 0.784. The number of aromatic amines is 1. The average Bonchev–Trinajstić information content (AvgIpc) is 2.77. The van der Waals surface area contributed by atoms with Gasteiger partial charge in [-0.05, 0) is 25.0 Å². The first-order valence-electron chi connectivity index (χ1n) is 5.91. The summed E-state index contributed by atoms with van der Waals surface area (Å²) in [5.74, 6) is 0.556. The first-order valence-corrected chi connectivity index (χ1v) is 5.91. The summed E-state index contributed by atoms with van der Waals surface area (Å²) in [4.78, 5) is 23.6. The summed E-state index contributed by atoms with van der Waals surface area (Å²) in [7, 11) is 0. The molecule has 0 radical (unpaired) electrons. The molecule has 5 heteroatoms. The van der Waals surface area contributed by atoms with Gasteiger partial charge in [0.1, 0.15) is 5.69 Å². The molecule has 2 aromatic heterocycles. The van der Waals surface area contributed by atoms with Gasteiger partial charge >= 0.3 is 0 Å². The minimum absolute atomic E-state index is 0.0678. The van der Waals surface area contributed by atoms with Crippen molar-refractivity contribution in [3.8, 4) is 11.5 Å². The maximum atomic E-state index is 11.9. The lowest BCUT2D eigenvalue weighted by molar-refractivity contribution is 0.757. The number of fused-ring (bicyclic) bond motifs is 1. The van der Waals surface area contributed by atoms with Crippen molar-refractivity contribution in [2.75, 3.05) is 0 Å². The third kappa shape index (κ3) is 1.73. The average molecular weight is 242 g/mol. The molecular weight excluding hydrogens is 228 g/mol. The third-order valence-corrected chi connectivity index (χ3v) is 3.13. The molecule has 92 valence electrons. The molecule has 0 fully saturated rings. The Morgan fingerprint density at radius 2 is 2.11 bits per heavy atom. The van der Waals surface area contributed by atoms with Crippen LogP contribution in [0.5, 0.6) is 0 Å². The molecule has 0 atom stereocenters. The van der Waals surface area contributed by atoms with E-state index in [2.05, 4.69) is 20.3 Å². The van der Waals surface area contributed by atoms with Crippen LogP contribution in [0.15, 0.2) is 17.1 Å². The Bertz CT molecular complexity index is 675. The topological polar surface area (TPSA) is 70.7 Å². The van der Waals surface area contributed by atoms with E-state index in [0.29, 0.717) is 18.9 Å². The lowest BCUT2D eigenvalue weighted by Gasteiger charge is -2.06. The smallest absolute Gasteiger partial charge is 0.256 e. The molecule has 0 bridgehead atoms. The maximum absolute atomic E-state index is 11.9. The van der Waals surface area contributed by atoms with Gasteiger partial charge in [0.2, 0.25) is 0 Å². The monoisotopic (exact) mass is 242 g/mol. The number of aromatic nitrogens is 3. The molecule has 18 heavy (non-hydrogen) atoms. The maximum Gasteiger partial charge on any atom is 0.256 e.